The molecule has 0 aliphatic rings. The fourth-order valence-electron chi connectivity index (χ4n) is 1.27. The molecule has 0 aliphatic carbocycles. The van der Waals surface area contributed by atoms with E-state index in [9.17, 15) is 4.39 Å². The van der Waals surface area contributed by atoms with Gasteiger partial charge in [-0.05, 0) is 11.6 Å². The van der Waals surface area contributed by atoms with E-state index < -0.39 is 0 Å². The lowest BCUT2D eigenvalue weighted by Crippen LogP contribution is -1.91. The highest BCUT2D eigenvalue weighted by Crippen LogP contribution is 2.17. The van der Waals surface area contributed by atoms with Gasteiger partial charge in [0.05, 0.1) is 6.20 Å². The van der Waals surface area contributed by atoms with Crippen molar-refractivity contribution in [2.75, 3.05) is 0 Å². The van der Waals surface area contributed by atoms with E-state index in [2.05, 4.69) is 10.2 Å². The molecule has 0 saturated heterocycles. The molecule has 1 aromatic heterocycles. The second kappa shape index (κ2) is 3.80. The molecule has 2 aromatic rings. The minimum absolute atomic E-state index is 0.218. The van der Waals surface area contributed by atoms with Crippen LogP contribution < -0.4 is 0 Å². The molecule has 1 N–H and O–H groups in total. The molecular formula is C10H8ClFN2. The molecule has 4 heteroatoms. The van der Waals surface area contributed by atoms with Gasteiger partial charge in [0.2, 0.25) is 0 Å². The first kappa shape index (κ1) is 9.21. The average molecular weight is 211 g/mol. The largest absolute Gasteiger partial charge is 0.267 e. The zero-order valence-electron chi connectivity index (χ0n) is 7.30. The van der Waals surface area contributed by atoms with E-state index in [4.69, 9.17) is 11.6 Å². The first-order valence-electron chi connectivity index (χ1n) is 4.18. The first-order valence-corrected chi connectivity index (χ1v) is 4.56. The summed E-state index contributed by atoms with van der Waals surface area (Å²) in [6.45, 7) is 0. The SMILES string of the molecule is Fc1ccccc1Cc1cn[nH]c1Cl. The maximum atomic E-state index is 13.2. The Labute approximate surface area is 85.7 Å². The number of aromatic nitrogens is 2. The van der Waals surface area contributed by atoms with Gasteiger partial charge in [0.1, 0.15) is 11.0 Å². The van der Waals surface area contributed by atoms with Crippen molar-refractivity contribution in [3.63, 3.8) is 0 Å². The highest BCUT2D eigenvalue weighted by molar-refractivity contribution is 6.30. The Balaban J connectivity index is 2.28. The summed E-state index contributed by atoms with van der Waals surface area (Å²) in [5, 5.41) is 6.84. The molecule has 0 spiro atoms. The Morgan fingerprint density at radius 3 is 2.71 bits per heavy atom. The molecule has 0 saturated carbocycles. The summed E-state index contributed by atoms with van der Waals surface area (Å²) >= 11 is 5.80. The van der Waals surface area contributed by atoms with E-state index in [0.717, 1.165) is 5.56 Å². The van der Waals surface area contributed by atoms with Crippen LogP contribution in [0.2, 0.25) is 5.15 Å². The number of nitrogens with zero attached hydrogens (tertiary/aromatic N) is 1. The van der Waals surface area contributed by atoms with Crippen molar-refractivity contribution in [2.45, 2.75) is 6.42 Å². The van der Waals surface area contributed by atoms with Crippen LogP contribution in [0.5, 0.6) is 0 Å². The van der Waals surface area contributed by atoms with Crippen molar-refractivity contribution in [2.24, 2.45) is 0 Å². The van der Waals surface area contributed by atoms with Crippen LogP contribution in [0.25, 0.3) is 0 Å². The van der Waals surface area contributed by atoms with Crippen LogP contribution in [0.3, 0.4) is 0 Å². The molecular weight excluding hydrogens is 203 g/mol. The van der Waals surface area contributed by atoms with Crippen LogP contribution in [-0.2, 0) is 6.42 Å². The molecule has 72 valence electrons. The van der Waals surface area contributed by atoms with Crippen LogP contribution in [0.1, 0.15) is 11.1 Å². The van der Waals surface area contributed by atoms with Gasteiger partial charge in [-0.15, -0.1) is 0 Å². The van der Waals surface area contributed by atoms with Crippen molar-refractivity contribution in [1.29, 1.82) is 0 Å². The van der Waals surface area contributed by atoms with Gasteiger partial charge in [0.25, 0.3) is 0 Å². The second-order valence-corrected chi connectivity index (χ2v) is 3.36. The van der Waals surface area contributed by atoms with E-state index in [1.54, 1.807) is 24.4 Å². The number of halogens is 2. The van der Waals surface area contributed by atoms with Crippen molar-refractivity contribution in [1.82, 2.24) is 10.2 Å². The summed E-state index contributed by atoms with van der Waals surface area (Å²) in [5.74, 6) is -0.218. The van der Waals surface area contributed by atoms with E-state index in [0.29, 0.717) is 17.1 Å². The number of benzene rings is 1. The molecule has 2 rings (SSSR count). The van der Waals surface area contributed by atoms with Crippen LogP contribution in [0.4, 0.5) is 4.39 Å². The minimum atomic E-state index is -0.218. The molecule has 0 fully saturated rings. The fourth-order valence-corrected chi connectivity index (χ4v) is 1.43. The lowest BCUT2D eigenvalue weighted by Gasteiger charge is -2.00. The standard InChI is InChI=1S/C10H8ClFN2/c11-10-8(6-13-14-10)5-7-3-1-2-4-9(7)12/h1-4,6H,5H2,(H,13,14). The van der Waals surface area contributed by atoms with E-state index in [1.807, 2.05) is 0 Å². The monoisotopic (exact) mass is 210 g/mol. The first-order chi connectivity index (χ1) is 6.77. The molecule has 1 heterocycles. The zero-order chi connectivity index (χ0) is 9.97. The molecule has 2 nitrogen and oxygen atoms in total. The third kappa shape index (κ3) is 1.77. The minimum Gasteiger partial charge on any atom is -0.267 e. The molecule has 0 radical (unpaired) electrons. The van der Waals surface area contributed by atoms with Gasteiger partial charge in [0, 0.05) is 12.0 Å². The molecule has 1 aromatic carbocycles. The van der Waals surface area contributed by atoms with Gasteiger partial charge in [-0.2, -0.15) is 5.10 Å². The highest BCUT2D eigenvalue weighted by atomic mass is 35.5. The Hall–Kier alpha value is -1.35. The fraction of sp³-hybridized carbons (Fsp3) is 0.100. The molecule has 0 atom stereocenters. The molecule has 0 amide bonds. The van der Waals surface area contributed by atoms with Gasteiger partial charge in [0.15, 0.2) is 0 Å². The lowest BCUT2D eigenvalue weighted by molar-refractivity contribution is 0.614. The molecule has 14 heavy (non-hydrogen) atoms. The average Bonchev–Trinajstić information content (AvgIpc) is 2.56. The van der Waals surface area contributed by atoms with Gasteiger partial charge in [-0.25, -0.2) is 4.39 Å². The van der Waals surface area contributed by atoms with Crippen LogP contribution >= 0.6 is 11.6 Å². The summed E-state index contributed by atoms with van der Waals surface area (Å²) in [5.41, 5.74) is 1.42. The van der Waals surface area contributed by atoms with Gasteiger partial charge in [-0.1, -0.05) is 29.8 Å². The Morgan fingerprint density at radius 1 is 1.29 bits per heavy atom. The lowest BCUT2D eigenvalue weighted by atomic mass is 10.1. The normalized spacial score (nSPS) is 10.4. The zero-order valence-corrected chi connectivity index (χ0v) is 8.05. The third-order valence-corrected chi connectivity index (χ3v) is 2.33. The molecule has 0 unspecified atom stereocenters. The summed E-state index contributed by atoms with van der Waals surface area (Å²) in [6, 6.07) is 6.63. The molecule has 0 bridgehead atoms. The summed E-state index contributed by atoms with van der Waals surface area (Å²) in [4.78, 5) is 0. The Kier molecular flexibility index (Phi) is 2.50. The topological polar surface area (TPSA) is 28.7 Å². The van der Waals surface area contributed by atoms with Gasteiger partial charge < -0.3 is 0 Å². The van der Waals surface area contributed by atoms with Crippen molar-refractivity contribution in [3.05, 3.63) is 52.6 Å². The maximum absolute atomic E-state index is 13.2. The van der Waals surface area contributed by atoms with Crippen molar-refractivity contribution >= 4 is 11.6 Å². The van der Waals surface area contributed by atoms with Gasteiger partial charge in [-0.3, -0.25) is 5.10 Å². The third-order valence-electron chi connectivity index (χ3n) is 2.00. The van der Waals surface area contributed by atoms with Crippen molar-refractivity contribution in [3.8, 4) is 0 Å². The van der Waals surface area contributed by atoms with Crippen LogP contribution in [0, 0.1) is 5.82 Å². The number of rotatable bonds is 2. The Morgan fingerprint density at radius 2 is 2.07 bits per heavy atom. The van der Waals surface area contributed by atoms with Gasteiger partial charge >= 0.3 is 0 Å². The number of hydrogen-bond donors (Lipinski definition) is 1. The summed E-state index contributed by atoms with van der Waals surface area (Å²) in [6.07, 6.45) is 2.07. The van der Waals surface area contributed by atoms with Crippen LogP contribution in [0.15, 0.2) is 30.5 Å². The predicted molar refractivity (Wildman–Crippen MR) is 52.8 cm³/mol. The van der Waals surface area contributed by atoms with Crippen LogP contribution in [-0.4, -0.2) is 10.2 Å². The number of aromatic amines is 1. The van der Waals surface area contributed by atoms with E-state index in [-0.39, 0.29) is 5.82 Å². The molecule has 0 aliphatic heterocycles. The summed E-state index contributed by atoms with van der Waals surface area (Å²) < 4.78 is 13.2. The number of nitrogens with one attached hydrogen (secondary N) is 1. The van der Waals surface area contributed by atoms with E-state index >= 15 is 0 Å². The Bertz CT molecular complexity index is 439. The smallest absolute Gasteiger partial charge is 0.127 e. The number of H-pyrrole nitrogens is 1. The van der Waals surface area contributed by atoms with Crippen molar-refractivity contribution < 1.29 is 4.39 Å². The predicted octanol–water partition coefficient (Wildman–Crippen LogP) is 2.79. The maximum Gasteiger partial charge on any atom is 0.127 e. The second-order valence-electron chi connectivity index (χ2n) is 2.98. The quantitative estimate of drug-likeness (QED) is 0.811. The number of hydrogen-bond acceptors (Lipinski definition) is 1. The summed E-state index contributed by atoms with van der Waals surface area (Å²) in [7, 11) is 0. The van der Waals surface area contributed by atoms with E-state index in [1.165, 1.54) is 6.07 Å². The highest BCUT2D eigenvalue weighted by Gasteiger charge is 2.06.